The summed E-state index contributed by atoms with van der Waals surface area (Å²) in [4.78, 5) is 39.2. The van der Waals surface area contributed by atoms with Gasteiger partial charge in [-0.1, -0.05) is 24.3 Å². The molecule has 0 saturated carbocycles. The molecule has 2 aromatic heterocycles. The number of nitrogens with one attached hydrogen (secondary N) is 1. The second-order valence-electron chi connectivity index (χ2n) is 5.74. The summed E-state index contributed by atoms with van der Waals surface area (Å²) >= 11 is 0. The molecule has 150 valence electrons. The van der Waals surface area contributed by atoms with E-state index in [1.165, 1.54) is 29.1 Å². The molecular weight excluding hydrogens is 403 g/mol. The molecule has 11 nitrogen and oxygen atoms in total. The van der Waals surface area contributed by atoms with Crippen molar-refractivity contribution < 1.29 is 32.8 Å². The molecule has 0 aliphatic carbocycles. The Morgan fingerprint density at radius 3 is 2.71 bits per heavy atom. The molecule has 3 rings (SSSR count). The number of nitrogens with zero attached hydrogens (tertiary/aromatic N) is 3. The van der Waals surface area contributed by atoms with Crippen molar-refractivity contribution in [3.05, 3.63) is 52.1 Å². The van der Waals surface area contributed by atoms with Gasteiger partial charge in [-0.05, 0) is 11.1 Å². The van der Waals surface area contributed by atoms with E-state index in [2.05, 4.69) is 19.5 Å². The van der Waals surface area contributed by atoms with Crippen LogP contribution in [0, 0.1) is 0 Å². The highest BCUT2D eigenvalue weighted by Crippen LogP contribution is 2.47. The predicted octanol–water partition coefficient (Wildman–Crippen LogP) is 0.486. The van der Waals surface area contributed by atoms with Crippen LogP contribution in [0.25, 0.3) is 11.2 Å². The van der Waals surface area contributed by atoms with Gasteiger partial charge >= 0.3 is 13.9 Å². The fourth-order valence-electron chi connectivity index (χ4n) is 2.60. The Kier molecular flexibility index (Phi) is 5.04. The molecule has 3 aromatic rings. The number of H-pyrrole nitrogens is 1. The molecule has 0 amide bonds. The zero-order valence-electron chi connectivity index (χ0n) is 13.9. The van der Waals surface area contributed by atoms with Gasteiger partial charge in [-0.2, -0.15) is 13.8 Å². The first-order valence-electron chi connectivity index (χ1n) is 7.58. The number of imidazole rings is 1. The maximum Gasteiger partial charge on any atom is 0.474 e. The van der Waals surface area contributed by atoms with Crippen LogP contribution in [0.15, 0.2) is 35.4 Å². The number of phosphoric acid groups is 1. The van der Waals surface area contributed by atoms with Crippen molar-refractivity contribution >= 4 is 24.9 Å². The van der Waals surface area contributed by atoms with E-state index in [0.717, 1.165) is 6.07 Å². The second-order valence-corrected chi connectivity index (χ2v) is 6.90. The standard InChI is InChI=1S/C14H14F2N5O6P/c15-14(16,27-28(24,25)26)10(22)8-4-2-1-3-7(8)5-21-6-18-9-11(21)19-13(17)20-12(9)23/h1-4,6,10,22H,5H2,(H2,24,25,26)(H3,17,19,20,23). The summed E-state index contributed by atoms with van der Waals surface area (Å²) in [6.07, 6.45) is -6.00. The molecule has 0 radical (unpaired) electrons. The topological polar surface area (TPSA) is 177 Å². The van der Waals surface area contributed by atoms with Gasteiger partial charge in [0.25, 0.3) is 5.56 Å². The third-order valence-corrected chi connectivity index (χ3v) is 4.22. The number of phosphoric ester groups is 1. The minimum absolute atomic E-state index is 0.0256. The number of anilines is 1. The molecule has 0 spiro atoms. The quantitative estimate of drug-likeness (QED) is 0.357. The zero-order valence-corrected chi connectivity index (χ0v) is 14.8. The van der Waals surface area contributed by atoms with Crippen LogP contribution in [0.4, 0.5) is 14.7 Å². The molecule has 14 heteroatoms. The SMILES string of the molecule is Nc1nc2c(ncn2Cc2ccccc2C(O)C(F)(F)OP(=O)(O)O)c(=O)[nH]1. The minimum Gasteiger partial charge on any atom is -0.379 e. The Morgan fingerprint density at radius 1 is 1.36 bits per heavy atom. The molecule has 0 saturated heterocycles. The van der Waals surface area contributed by atoms with E-state index in [1.807, 2.05) is 0 Å². The number of nitrogen functional groups attached to an aromatic ring is 1. The Balaban J connectivity index is 2.00. The number of hydrogen-bond acceptors (Lipinski definition) is 7. The van der Waals surface area contributed by atoms with Gasteiger partial charge in [0.1, 0.15) is 0 Å². The first-order chi connectivity index (χ1) is 13.0. The molecule has 2 heterocycles. The van der Waals surface area contributed by atoms with Crippen LogP contribution >= 0.6 is 7.82 Å². The van der Waals surface area contributed by atoms with Crippen molar-refractivity contribution in [2.24, 2.45) is 0 Å². The van der Waals surface area contributed by atoms with Crippen LogP contribution in [-0.2, 0) is 15.6 Å². The molecule has 0 aliphatic heterocycles. The Labute approximate surface area is 154 Å². The van der Waals surface area contributed by atoms with Gasteiger partial charge < -0.3 is 25.2 Å². The molecular formula is C14H14F2N5O6P. The number of hydrogen-bond donors (Lipinski definition) is 5. The smallest absolute Gasteiger partial charge is 0.379 e. The van der Waals surface area contributed by atoms with E-state index in [-0.39, 0.29) is 34.8 Å². The summed E-state index contributed by atoms with van der Waals surface area (Å²) in [5, 5.41) is 9.99. The lowest BCUT2D eigenvalue weighted by Gasteiger charge is -2.24. The molecule has 1 aromatic carbocycles. The summed E-state index contributed by atoms with van der Waals surface area (Å²) in [7, 11) is -5.56. The molecule has 0 bridgehead atoms. The third-order valence-electron chi connectivity index (χ3n) is 3.74. The van der Waals surface area contributed by atoms with Crippen molar-refractivity contribution in [2.45, 2.75) is 18.8 Å². The van der Waals surface area contributed by atoms with Crippen LogP contribution in [0.1, 0.15) is 17.2 Å². The number of aliphatic hydroxyl groups excluding tert-OH is 1. The molecule has 28 heavy (non-hydrogen) atoms. The summed E-state index contributed by atoms with van der Waals surface area (Å²) in [6.45, 7) is -0.147. The summed E-state index contributed by atoms with van der Waals surface area (Å²) in [6, 6.07) is 5.39. The van der Waals surface area contributed by atoms with E-state index in [4.69, 9.17) is 15.5 Å². The van der Waals surface area contributed by atoms with Gasteiger partial charge in [0.05, 0.1) is 12.9 Å². The van der Waals surface area contributed by atoms with E-state index < -0.39 is 25.6 Å². The molecule has 1 unspecified atom stereocenters. The largest absolute Gasteiger partial charge is 0.474 e. The monoisotopic (exact) mass is 417 g/mol. The fraction of sp³-hybridized carbons (Fsp3) is 0.214. The summed E-state index contributed by atoms with van der Waals surface area (Å²) in [5.41, 5.74) is 4.77. The van der Waals surface area contributed by atoms with Gasteiger partial charge in [-0.25, -0.2) is 14.1 Å². The molecule has 0 aliphatic rings. The van der Waals surface area contributed by atoms with Gasteiger partial charge in [0.2, 0.25) is 5.95 Å². The molecule has 0 fully saturated rings. The van der Waals surface area contributed by atoms with Crippen molar-refractivity contribution in [1.29, 1.82) is 0 Å². The zero-order chi connectivity index (χ0) is 20.7. The second kappa shape index (κ2) is 7.04. The highest BCUT2D eigenvalue weighted by molar-refractivity contribution is 7.46. The maximum atomic E-state index is 14.0. The van der Waals surface area contributed by atoms with Gasteiger partial charge in [-0.3, -0.25) is 9.78 Å². The number of nitrogens with two attached hydrogens (primary N) is 1. The van der Waals surface area contributed by atoms with E-state index in [1.54, 1.807) is 0 Å². The first-order valence-corrected chi connectivity index (χ1v) is 9.11. The van der Waals surface area contributed by atoms with E-state index >= 15 is 0 Å². The number of benzene rings is 1. The lowest BCUT2D eigenvalue weighted by atomic mass is 10.0. The number of rotatable bonds is 6. The number of alkyl halides is 2. The number of aliphatic hydroxyl groups is 1. The number of aromatic nitrogens is 4. The highest BCUT2D eigenvalue weighted by atomic mass is 31.2. The minimum atomic E-state index is -5.56. The van der Waals surface area contributed by atoms with Crippen LogP contribution in [0.5, 0.6) is 0 Å². The van der Waals surface area contributed by atoms with Crippen molar-refractivity contribution in [2.75, 3.05) is 5.73 Å². The Hall–Kier alpha value is -2.70. The number of aromatic amines is 1. The van der Waals surface area contributed by atoms with Crippen molar-refractivity contribution in [3.63, 3.8) is 0 Å². The van der Waals surface area contributed by atoms with Gasteiger partial charge in [-0.15, -0.1) is 0 Å². The van der Waals surface area contributed by atoms with E-state index in [9.17, 15) is 23.2 Å². The fourth-order valence-corrected chi connectivity index (χ4v) is 3.02. The third kappa shape index (κ3) is 4.08. The maximum absolute atomic E-state index is 14.0. The summed E-state index contributed by atoms with van der Waals surface area (Å²) in [5.74, 6) is -0.172. The summed E-state index contributed by atoms with van der Waals surface area (Å²) < 4.78 is 43.4. The normalized spacial score (nSPS) is 13.8. The molecule has 1 atom stereocenters. The first kappa shape index (κ1) is 20.0. The van der Waals surface area contributed by atoms with Gasteiger partial charge in [0.15, 0.2) is 17.3 Å². The average molecular weight is 417 g/mol. The van der Waals surface area contributed by atoms with Crippen LogP contribution in [0.2, 0.25) is 0 Å². The lowest BCUT2D eigenvalue weighted by Crippen LogP contribution is -2.29. The van der Waals surface area contributed by atoms with Gasteiger partial charge in [0, 0.05) is 0 Å². The Bertz CT molecular complexity index is 1130. The van der Waals surface area contributed by atoms with Crippen LogP contribution < -0.4 is 11.3 Å². The average Bonchev–Trinajstić information content (AvgIpc) is 2.95. The van der Waals surface area contributed by atoms with Crippen LogP contribution in [-0.4, -0.2) is 40.5 Å². The number of fused-ring (bicyclic) bond motifs is 1. The van der Waals surface area contributed by atoms with Crippen LogP contribution in [0.3, 0.4) is 0 Å². The number of halogens is 2. The molecule has 6 N–H and O–H groups in total. The Morgan fingerprint density at radius 2 is 2.04 bits per heavy atom. The predicted molar refractivity (Wildman–Crippen MR) is 91.1 cm³/mol. The highest BCUT2D eigenvalue weighted by Gasteiger charge is 2.47. The van der Waals surface area contributed by atoms with Crippen molar-refractivity contribution in [1.82, 2.24) is 19.5 Å². The van der Waals surface area contributed by atoms with Crippen molar-refractivity contribution in [3.8, 4) is 0 Å². The van der Waals surface area contributed by atoms with E-state index in [0.29, 0.717) is 0 Å². The lowest BCUT2D eigenvalue weighted by molar-refractivity contribution is -0.250.